The summed E-state index contributed by atoms with van der Waals surface area (Å²) in [5, 5.41) is 11.5. The van der Waals surface area contributed by atoms with E-state index in [0.29, 0.717) is 23.8 Å². The monoisotopic (exact) mass is 377 g/mol. The van der Waals surface area contributed by atoms with Crippen LogP contribution in [0.25, 0.3) is 0 Å². The van der Waals surface area contributed by atoms with Crippen molar-refractivity contribution in [2.24, 2.45) is 5.92 Å². The lowest BCUT2D eigenvalue weighted by Gasteiger charge is -2.17. The molecule has 0 aliphatic carbocycles. The van der Waals surface area contributed by atoms with E-state index in [1.54, 1.807) is 24.3 Å². The second-order valence-corrected chi connectivity index (χ2v) is 6.29. The third-order valence-electron chi connectivity index (χ3n) is 4.04. The first-order valence-electron chi connectivity index (χ1n) is 8.82. The summed E-state index contributed by atoms with van der Waals surface area (Å²) in [5.74, 6) is -2.39. The van der Waals surface area contributed by atoms with Gasteiger partial charge < -0.3 is 19.9 Å². The molecule has 1 rings (SSSR count). The number of hydrogen-bond acceptors (Lipinski definition) is 5. The molecule has 7 heteroatoms. The predicted octanol–water partition coefficient (Wildman–Crippen LogP) is 2.34. The highest BCUT2D eigenvalue weighted by Gasteiger charge is 2.25. The number of carboxylic acids is 1. The molecule has 0 saturated heterocycles. The number of amides is 1. The number of benzene rings is 1. The lowest BCUT2D eigenvalue weighted by molar-refractivity contribution is -0.154. The Balaban J connectivity index is 2.70. The van der Waals surface area contributed by atoms with Crippen molar-refractivity contribution in [2.75, 3.05) is 13.7 Å². The minimum atomic E-state index is -1.27. The molecule has 2 atom stereocenters. The van der Waals surface area contributed by atoms with Crippen LogP contribution in [-0.2, 0) is 25.5 Å². The highest BCUT2D eigenvalue weighted by Crippen LogP contribution is 2.21. The van der Waals surface area contributed by atoms with E-state index in [-0.39, 0.29) is 6.42 Å². The van der Waals surface area contributed by atoms with E-state index in [1.165, 1.54) is 0 Å². The average molecular weight is 377 g/mol. The van der Waals surface area contributed by atoms with Gasteiger partial charge >= 0.3 is 17.8 Å². The van der Waals surface area contributed by atoms with Gasteiger partial charge in [0.2, 0.25) is 0 Å². The van der Waals surface area contributed by atoms with Crippen LogP contribution in [0.4, 0.5) is 0 Å². The molecule has 0 aliphatic heterocycles. The average Bonchev–Trinajstić information content (AvgIpc) is 2.65. The van der Waals surface area contributed by atoms with Gasteiger partial charge in [0.25, 0.3) is 0 Å². The largest absolute Gasteiger partial charge is 0.493 e. The lowest BCUT2D eigenvalue weighted by Crippen LogP contribution is -2.45. The molecular weight excluding hydrogens is 350 g/mol. The normalized spacial score (nSPS) is 12.5. The van der Waals surface area contributed by atoms with Crippen LogP contribution in [0.2, 0.25) is 0 Å². The number of rotatable bonds is 11. The van der Waals surface area contributed by atoms with E-state index in [0.717, 1.165) is 26.4 Å². The molecule has 0 saturated carbocycles. The van der Waals surface area contributed by atoms with Gasteiger partial charge in [0.15, 0.2) is 0 Å². The molecule has 1 aromatic carbocycles. The summed E-state index contributed by atoms with van der Waals surface area (Å²) in [6, 6.07) is 5.77. The first-order valence-corrected chi connectivity index (χ1v) is 8.82. The third-order valence-corrected chi connectivity index (χ3v) is 4.04. The zero-order chi connectivity index (χ0) is 20.2. The van der Waals surface area contributed by atoms with Crippen LogP contribution in [0, 0.1) is 5.92 Å². The third kappa shape index (κ3) is 7.94. The maximum Gasteiger partial charge on any atom is 0.396 e. The van der Waals surface area contributed by atoms with Crippen LogP contribution in [0.3, 0.4) is 0 Å². The molecular formula is C20H27NO6. The van der Waals surface area contributed by atoms with Gasteiger partial charge in [-0.05, 0) is 36.8 Å². The van der Waals surface area contributed by atoms with Crippen LogP contribution in [-0.4, -0.2) is 42.7 Å². The highest BCUT2D eigenvalue weighted by molar-refractivity contribution is 6.32. The van der Waals surface area contributed by atoms with E-state index in [2.05, 4.69) is 23.6 Å². The molecule has 0 bridgehead atoms. The van der Waals surface area contributed by atoms with Crippen molar-refractivity contribution in [3.8, 4) is 5.75 Å². The van der Waals surface area contributed by atoms with Gasteiger partial charge in [-0.2, -0.15) is 0 Å². The molecule has 1 amide bonds. The summed E-state index contributed by atoms with van der Waals surface area (Å²) >= 11 is 0. The molecule has 0 spiro atoms. The smallest absolute Gasteiger partial charge is 0.396 e. The van der Waals surface area contributed by atoms with Crippen molar-refractivity contribution in [2.45, 2.75) is 38.6 Å². The van der Waals surface area contributed by atoms with E-state index >= 15 is 0 Å². The van der Waals surface area contributed by atoms with Gasteiger partial charge in [-0.25, -0.2) is 9.59 Å². The molecule has 0 fully saturated rings. The van der Waals surface area contributed by atoms with E-state index in [9.17, 15) is 19.5 Å². The molecule has 7 nitrogen and oxygen atoms in total. The molecule has 0 aromatic heterocycles. The van der Waals surface area contributed by atoms with E-state index in [4.69, 9.17) is 4.74 Å². The number of carbonyl (C=O) groups is 3. The van der Waals surface area contributed by atoms with Gasteiger partial charge in [0, 0.05) is 6.42 Å². The Labute approximate surface area is 159 Å². The van der Waals surface area contributed by atoms with Gasteiger partial charge in [-0.1, -0.05) is 31.2 Å². The van der Waals surface area contributed by atoms with E-state index in [1.807, 2.05) is 6.08 Å². The Morgan fingerprint density at radius 2 is 2.00 bits per heavy atom. The molecule has 27 heavy (non-hydrogen) atoms. The van der Waals surface area contributed by atoms with Crippen molar-refractivity contribution in [3.63, 3.8) is 0 Å². The molecule has 2 N–H and O–H groups in total. The second-order valence-electron chi connectivity index (χ2n) is 6.29. The molecule has 148 valence electrons. The zero-order valence-electron chi connectivity index (χ0n) is 15.8. The molecule has 0 heterocycles. The molecule has 0 radical (unpaired) electrons. The number of carbonyl (C=O) groups excluding carboxylic acids is 2. The van der Waals surface area contributed by atoms with Crippen molar-refractivity contribution in [1.29, 1.82) is 0 Å². The minimum absolute atomic E-state index is 0.0128. The number of esters is 1. The van der Waals surface area contributed by atoms with E-state index < -0.39 is 23.9 Å². The second kappa shape index (κ2) is 11.7. The Kier molecular flexibility index (Phi) is 9.64. The molecule has 0 aliphatic rings. The van der Waals surface area contributed by atoms with Crippen molar-refractivity contribution >= 4 is 17.8 Å². The summed E-state index contributed by atoms with van der Waals surface area (Å²) in [4.78, 5) is 34.3. The first kappa shape index (κ1) is 22.2. The maximum absolute atomic E-state index is 11.6. The Hall–Kier alpha value is -2.83. The number of allylic oxidation sites excluding steroid dienone is 1. The van der Waals surface area contributed by atoms with Crippen LogP contribution >= 0.6 is 0 Å². The Morgan fingerprint density at radius 3 is 2.63 bits per heavy atom. The van der Waals surface area contributed by atoms with Crippen LogP contribution in [0.5, 0.6) is 5.75 Å². The predicted molar refractivity (Wildman–Crippen MR) is 100 cm³/mol. The number of aliphatic carboxylic acids is 1. The van der Waals surface area contributed by atoms with Crippen molar-refractivity contribution in [1.82, 2.24) is 5.32 Å². The fourth-order valence-electron chi connectivity index (χ4n) is 2.56. The first-order chi connectivity index (χ1) is 12.9. The summed E-state index contributed by atoms with van der Waals surface area (Å²) in [6.07, 6.45) is 4.71. The van der Waals surface area contributed by atoms with Gasteiger partial charge in [0.1, 0.15) is 11.8 Å². The summed E-state index contributed by atoms with van der Waals surface area (Å²) in [5.41, 5.74) is 0.634. The Bertz CT molecular complexity index is 658. The van der Waals surface area contributed by atoms with Crippen LogP contribution in [0.15, 0.2) is 36.9 Å². The maximum atomic E-state index is 11.6. The van der Waals surface area contributed by atoms with Gasteiger partial charge in [0.05, 0.1) is 13.7 Å². The highest BCUT2D eigenvalue weighted by atomic mass is 16.5. The van der Waals surface area contributed by atoms with Gasteiger partial charge in [-0.15, -0.1) is 6.58 Å². The van der Waals surface area contributed by atoms with Gasteiger partial charge in [-0.3, -0.25) is 4.79 Å². The molecule has 1 aromatic rings. The number of carboxylic acid groups (broad SMARTS) is 1. The number of methoxy groups -OCH3 is 1. The molecule has 1 unspecified atom stereocenters. The summed E-state index contributed by atoms with van der Waals surface area (Å²) in [7, 11) is 1.05. The fraction of sp³-hybridized carbons (Fsp3) is 0.450. The fourth-order valence-corrected chi connectivity index (χ4v) is 2.56. The minimum Gasteiger partial charge on any atom is -0.493 e. The van der Waals surface area contributed by atoms with Crippen molar-refractivity contribution in [3.05, 3.63) is 42.5 Å². The zero-order valence-corrected chi connectivity index (χ0v) is 15.8. The standard InChI is InChI=1S/C20H27NO6/c1-4-8-14(2)9-7-12-27-17-11-6-5-10-15(17)13-16(19(23)24)21-18(22)20(25)26-3/h4-6,10-11,14,16H,1,7-9,12-13H2,2-3H3,(H,21,22)(H,23,24)/t14?,16-/m0/s1. The SMILES string of the molecule is C=CCC(C)CCCOc1ccccc1C[C@H](NC(=O)C(=O)OC)C(=O)O. The summed E-state index contributed by atoms with van der Waals surface area (Å²) < 4.78 is 10.1. The number of ether oxygens (including phenoxy) is 2. The van der Waals surface area contributed by atoms with Crippen LogP contribution in [0.1, 0.15) is 31.7 Å². The Morgan fingerprint density at radius 1 is 1.30 bits per heavy atom. The lowest BCUT2D eigenvalue weighted by atomic mass is 10.0. The van der Waals surface area contributed by atoms with Crippen molar-refractivity contribution < 1.29 is 29.0 Å². The number of nitrogens with one attached hydrogen (secondary N) is 1. The topological polar surface area (TPSA) is 102 Å². The number of hydrogen-bond donors (Lipinski definition) is 2. The van der Waals surface area contributed by atoms with Crippen LogP contribution < -0.4 is 10.1 Å². The quantitative estimate of drug-likeness (QED) is 0.266. The summed E-state index contributed by atoms with van der Waals surface area (Å²) in [6.45, 7) is 6.38. The number of para-hydroxylation sites is 1.